The Balaban J connectivity index is 2.20. The zero-order valence-electron chi connectivity index (χ0n) is 13.4. The standard InChI is InChI=1S/C16H24O6/c1-4-20-14(17)11-8-9-7-10(11)13(16(19)22-6-3)12(9)15(18)21-5-2/h9-13H,4-8H2,1-3H3. The van der Waals surface area contributed by atoms with Crippen molar-refractivity contribution in [2.75, 3.05) is 19.8 Å². The smallest absolute Gasteiger partial charge is 0.310 e. The van der Waals surface area contributed by atoms with Crippen LogP contribution in [0.2, 0.25) is 0 Å². The third kappa shape index (κ3) is 2.96. The van der Waals surface area contributed by atoms with Crippen molar-refractivity contribution in [2.24, 2.45) is 29.6 Å². The van der Waals surface area contributed by atoms with Crippen LogP contribution in [0.5, 0.6) is 0 Å². The van der Waals surface area contributed by atoms with Crippen LogP contribution in [0.25, 0.3) is 0 Å². The van der Waals surface area contributed by atoms with Crippen LogP contribution in [0.3, 0.4) is 0 Å². The Labute approximate surface area is 130 Å². The lowest BCUT2D eigenvalue weighted by Crippen LogP contribution is -2.42. The highest BCUT2D eigenvalue weighted by atomic mass is 16.5. The molecule has 2 saturated carbocycles. The van der Waals surface area contributed by atoms with Gasteiger partial charge < -0.3 is 14.2 Å². The van der Waals surface area contributed by atoms with Gasteiger partial charge in [0.15, 0.2) is 0 Å². The number of ether oxygens (including phenoxy) is 3. The molecule has 124 valence electrons. The van der Waals surface area contributed by atoms with Crippen LogP contribution in [0.15, 0.2) is 0 Å². The van der Waals surface area contributed by atoms with Gasteiger partial charge in [0.1, 0.15) is 0 Å². The normalized spacial score (nSPS) is 32.6. The minimum atomic E-state index is -0.591. The number of esters is 3. The summed E-state index contributed by atoms with van der Waals surface area (Å²) in [5, 5.41) is 0. The quantitative estimate of drug-likeness (QED) is 0.547. The Morgan fingerprint density at radius 3 is 1.82 bits per heavy atom. The second-order valence-corrected chi connectivity index (χ2v) is 5.81. The number of hydrogen-bond acceptors (Lipinski definition) is 6. The molecule has 2 rings (SSSR count). The topological polar surface area (TPSA) is 78.9 Å². The first kappa shape index (κ1) is 16.8. The summed E-state index contributed by atoms with van der Waals surface area (Å²) < 4.78 is 15.3. The van der Waals surface area contributed by atoms with Crippen molar-refractivity contribution in [1.29, 1.82) is 0 Å². The van der Waals surface area contributed by atoms with Crippen LogP contribution in [0, 0.1) is 29.6 Å². The summed E-state index contributed by atoms with van der Waals surface area (Å²) in [5.74, 6) is -2.61. The second kappa shape index (κ2) is 7.11. The molecule has 0 aliphatic heterocycles. The Morgan fingerprint density at radius 2 is 1.27 bits per heavy atom. The van der Waals surface area contributed by atoms with Crippen LogP contribution < -0.4 is 0 Å². The molecule has 0 aromatic rings. The Morgan fingerprint density at radius 1 is 0.773 bits per heavy atom. The minimum Gasteiger partial charge on any atom is -0.466 e. The molecule has 0 aromatic carbocycles. The molecule has 0 amide bonds. The van der Waals surface area contributed by atoms with Gasteiger partial charge >= 0.3 is 17.9 Å². The van der Waals surface area contributed by atoms with E-state index in [1.807, 2.05) is 0 Å². The summed E-state index contributed by atoms with van der Waals surface area (Å²) >= 11 is 0. The lowest BCUT2D eigenvalue weighted by atomic mass is 9.74. The van der Waals surface area contributed by atoms with E-state index in [9.17, 15) is 14.4 Å². The molecule has 0 aromatic heterocycles. The fourth-order valence-electron chi connectivity index (χ4n) is 4.02. The van der Waals surface area contributed by atoms with Crippen LogP contribution in [0.1, 0.15) is 33.6 Å². The first-order valence-electron chi connectivity index (χ1n) is 8.04. The van der Waals surface area contributed by atoms with E-state index in [0.29, 0.717) is 19.4 Å². The van der Waals surface area contributed by atoms with Crippen LogP contribution in [0.4, 0.5) is 0 Å². The van der Waals surface area contributed by atoms with Crippen molar-refractivity contribution in [2.45, 2.75) is 33.6 Å². The summed E-state index contributed by atoms with van der Waals surface area (Å²) in [6, 6.07) is 0. The summed E-state index contributed by atoms with van der Waals surface area (Å²) in [5.41, 5.74) is 0. The van der Waals surface area contributed by atoms with Crippen molar-refractivity contribution >= 4 is 17.9 Å². The van der Waals surface area contributed by atoms with Crippen molar-refractivity contribution in [1.82, 2.24) is 0 Å². The number of hydrogen-bond donors (Lipinski definition) is 0. The van der Waals surface area contributed by atoms with E-state index in [4.69, 9.17) is 14.2 Å². The average Bonchev–Trinajstić information content (AvgIpc) is 3.05. The minimum absolute atomic E-state index is 0.00661. The van der Waals surface area contributed by atoms with E-state index in [1.165, 1.54) is 0 Å². The number of rotatable bonds is 6. The van der Waals surface area contributed by atoms with Crippen molar-refractivity contribution in [3.05, 3.63) is 0 Å². The van der Waals surface area contributed by atoms with Gasteiger partial charge in [0.2, 0.25) is 0 Å². The highest BCUT2D eigenvalue weighted by molar-refractivity contribution is 5.85. The van der Waals surface area contributed by atoms with Crippen molar-refractivity contribution in [3.63, 3.8) is 0 Å². The fraction of sp³-hybridized carbons (Fsp3) is 0.812. The SMILES string of the molecule is CCOC(=O)C1CC2CC1C(C(=O)OCC)C2C(=O)OCC. The molecule has 2 bridgehead atoms. The molecule has 0 radical (unpaired) electrons. The molecule has 0 spiro atoms. The molecular formula is C16H24O6. The van der Waals surface area contributed by atoms with Crippen molar-refractivity contribution in [3.8, 4) is 0 Å². The van der Waals surface area contributed by atoms with Crippen LogP contribution in [-0.2, 0) is 28.6 Å². The molecule has 0 N–H and O–H groups in total. The van der Waals surface area contributed by atoms with Gasteiger partial charge in [-0.25, -0.2) is 0 Å². The van der Waals surface area contributed by atoms with Gasteiger partial charge in [-0.05, 0) is 45.4 Å². The second-order valence-electron chi connectivity index (χ2n) is 5.81. The number of carbonyl (C=O) groups is 3. The van der Waals surface area contributed by atoms with E-state index >= 15 is 0 Å². The number of carbonyl (C=O) groups excluding carboxylic acids is 3. The zero-order valence-corrected chi connectivity index (χ0v) is 13.4. The average molecular weight is 312 g/mol. The highest BCUT2D eigenvalue weighted by Gasteiger charge is 2.61. The first-order chi connectivity index (χ1) is 10.5. The van der Waals surface area contributed by atoms with E-state index < -0.39 is 17.8 Å². The Kier molecular flexibility index (Phi) is 5.42. The molecule has 2 fully saturated rings. The molecule has 22 heavy (non-hydrogen) atoms. The molecule has 6 nitrogen and oxygen atoms in total. The van der Waals surface area contributed by atoms with E-state index in [-0.39, 0.29) is 42.9 Å². The van der Waals surface area contributed by atoms with E-state index in [0.717, 1.165) is 0 Å². The monoisotopic (exact) mass is 312 g/mol. The molecule has 0 heterocycles. The van der Waals surface area contributed by atoms with Gasteiger partial charge in [-0.3, -0.25) is 14.4 Å². The lowest BCUT2D eigenvalue weighted by molar-refractivity contribution is -0.167. The summed E-state index contributed by atoms with van der Waals surface area (Å²) in [6.45, 7) is 6.09. The first-order valence-corrected chi connectivity index (χ1v) is 8.04. The third-order valence-corrected chi connectivity index (χ3v) is 4.71. The maximum absolute atomic E-state index is 12.3. The molecule has 0 saturated heterocycles. The third-order valence-electron chi connectivity index (χ3n) is 4.71. The number of fused-ring (bicyclic) bond motifs is 2. The predicted molar refractivity (Wildman–Crippen MR) is 76.6 cm³/mol. The molecule has 5 atom stereocenters. The van der Waals surface area contributed by atoms with Gasteiger partial charge in [0.05, 0.1) is 37.6 Å². The summed E-state index contributed by atoms with van der Waals surface area (Å²) in [7, 11) is 0. The van der Waals surface area contributed by atoms with Crippen LogP contribution in [-0.4, -0.2) is 37.7 Å². The zero-order chi connectivity index (χ0) is 16.3. The van der Waals surface area contributed by atoms with Gasteiger partial charge in [-0.2, -0.15) is 0 Å². The molecule has 5 unspecified atom stereocenters. The molecular weight excluding hydrogens is 288 g/mol. The van der Waals surface area contributed by atoms with Gasteiger partial charge in [-0.15, -0.1) is 0 Å². The summed E-state index contributed by atoms with van der Waals surface area (Å²) in [6.07, 6.45) is 1.26. The van der Waals surface area contributed by atoms with Gasteiger partial charge in [0, 0.05) is 0 Å². The Bertz CT molecular complexity index is 446. The summed E-state index contributed by atoms with van der Waals surface area (Å²) in [4.78, 5) is 36.6. The van der Waals surface area contributed by atoms with E-state index in [1.54, 1.807) is 20.8 Å². The van der Waals surface area contributed by atoms with Crippen LogP contribution >= 0.6 is 0 Å². The largest absolute Gasteiger partial charge is 0.466 e. The van der Waals surface area contributed by atoms with Crippen molar-refractivity contribution < 1.29 is 28.6 Å². The van der Waals surface area contributed by atoms with E-state index in [2.05, 4.69) is 0 Å². The lowest BCUT2D eigenvalue weighted by Gasteiger charge is -2.31. The molecule has 2 aliphatic rings. The molecule has 2 aliphatic carbocycles. The molecule has 6 heteroatoms. The predicted octanol–water partition coefficient (Wildman–Crippen LogP) is 1.56. The Hall–Kier alpha value is -1.59. The van der Waals surface area contributed by atoms with Gasteiger partial charge in [-0.1, -0.05) is 0 Å². The maximum atomic E-state index is 12.3. The maximum Gasteiger partial charge on any atom is 0.310 e. The highest BCUT2D eigenvalue weighted by Crippen LogP contribution is 2.56. The van der Waals surface area contributed by atoms with Gasteiger partial charge in [0.25, 0.3) is 0 Å². The fourth-order valence-corrected chi connectivity index (χ4v) is 4.02.